The van der Waals surface area contributed by atoms with Crippen molar-refractivity contribution in [2.75, 3.05) is 6.54 Å². The van der Waals surface area contributed by atoms with Gasteiger partial charge in [-0.25, -0.2) is 4.79 Å². The van der Waals surface area contributed by atoms with Crippen LogP contribution in [0.5, 0.6) is 0 Å². The molecule has 3 atom stereocenters. The van der Waals surface area contributed by atoms with E-state index in [9.17, 15) is 14.7 Å². The molecule has 3 unspecified atom stereocenters. The summed E-state index contributed by atoms with van der Waals surface area (Å²) in [5.74, 6) is -0.140. The van der Waals surface area contributed by atoms with Gasteiger partial charge in [0.05, 0.1) is 6.04 Å². The number of carbonyl (C=O) groups excluding carboxylic acids is 2. The Hall–Kier alpha value is -2.12. The van der Waals surface area contributed by atoms with E-state index in [0.717, 1.165) is 18.4 Å². The molecular weight excluding hydrogens is 358 g/mol. The molecule has 7 nitrogen and oxygen atoms in total. The molecule has 0 saturated carbocycles. The number of nitrogens with zero attached hydrogens (tertiary/aromatic N) is 1. The highest BCUT2D eigenvalue weighted by Crippen LogP contribution is 2.33. The number of rotatable bonds is 6. The summed E-state index contributed by atoms with van der Waals surface area (Å²) in [6.45, 7) is 7.85. The molecule has 1 aromatic carbocycles. The third-order valence-electron chi connectivity index (χ3n) is 5.02. The molecule has 0 aromatic heterocycles. The lowest BCUT2D eigenvalue weighted by Gasteiger charge is -2.49. The number of aliphatic hydroxyl groups is 1. The van der Waals surface area contributed by atoms with Crippen LogP contribution < -0.4 is 11.1 Å². The molecule has 1 saturated heterocycles. The van der Waals surface area contributed by atoms with Gasteiger partial charge in [-0.15, -0.1) is 0 Å². The maximum atomic E-state index is 13.0. The highest BCUT2D eigenvalue weighted by Gasteiger charge is 2.50. The van der Waals surface area contributed by atoms with Gasteiger partial charge in [-0.1, -0.05) is 36.8 Å². The summed E-state index contributed by atoms with van der Waals surface area (Å²) in [5, 5.41) is 13.8. The zero-order valence-electron chi connectivity index (χ0n) is 17.3. The highest BCUT2D eigenvalue weighted by molar-refractivity contribution is 5.82. The summed E-state index contributed by atoms with van der Waals surface area (Å²) in [4.78, 5) is 26.7. The third kappa shape index (κ3) is 5.45. The van der Waals surface area contributed by atoms with Crippen molar-refractivity contribution in [2.45, 2.75) is 76.8 Å². The van der Waals surface area contributed by atoms with Crippen LogP contribution in [0.4, 0.5) is 4.79 Å². The number of benzene rings is 1. The van der Waals surface area contributed by atoms with E-state index in [-0.39, 0.29) is 12.3 Å². The van der Waals surface area contributed by atoms with Crippen molar-refractivity contribution in [1.29, 1.82) is 0 Å². The Kier molecular flexibility index (Phi) is 7.06. The van der Waals surface area contributed by atoms with Crippen LogP contribution in [0.1, 0.15) is 52.5 Å². The van der Waals surface area contributed by atoms with E-state index >= 15 is 0 Å². The summed E-state index contributed by atoms with van der Waals surface area (Å²) < 4.78 is 5.59. The fourth-order valence-corrected chi connectivity index (χ4v) is 3.84. The first-order valence-corrected chi connectivity index (χ1v) is 9.84. The summed E-state index contributed by atoms with van der Waals surface area (Å²) in [6.07, 6.45) is 0.544. The second-order valence-electron chi connectivity index (χ2n) is 8.55. The lowest BCUT2D eigenvalue weighted by Crippen LogP contribution is -2.67. The fourth-order valence-electron chi connectivity index (χ4n) is 3.84. The van der Waals surface area contributed by atoms with Gasteiger partial charge in [-0.2, -0.15) is 0 Å². The molecule has 7 heteroatoms. The van der Waals surface area contributed by atoms with Crippen molar-refractivity contribution in [3.8, 4) is 0 Å². The van der Waals surface area contributed by atoms with Crippen LogP contribution in [0.25, 0.3) is 0 Å². The molecular formula is C21H33N3O4. The topological polar surface area (TPSA) is 105 Å². The van der Waals surface area contributed by atoms with Crippen molar-refractivity contribution in [2.24, 2.45) is 5.73 Å². The maximum Gasteiger partial charge on any atom is 0.406 e. The zero-order chi connectivity index (χ0) is 20.9. The van der Waals surface area contributed by atoms with Crippen LogP contribution in [0.2, 0.25) is 0 Å². The minimum Gasteiger partial charge on any atom is -0.424 e. The number of carbonyl (C=O) groups is 2. The van der Waals surface area contributed by atoms with Gasteiger partial charge in [-0.05, 0) is 46.1 Å². The van der Waals surface area contributed by atoms with Crippen molar-refractivity contribution in [3.05, 3.63) is 35.9 Å². The van der Waals surface area contributed by atoms with E-state index in [4.69, 9.17) is 10.5 Å². The van der Waals surface area contributed by atoms with Crippen LogP contribution in [-0.4, -0.2) is 52.0 Å². The Balaban J connectivity index is 2.45. The van der Waals surface area contributed by atoms with E-state index in [1.807, 2.05) is 56.0 Å². The summed E-state index contributed by atoms with van der Waals surface area (Å²) in [5.41, 5.74) is 4.47. The zero-order valence-corrected chi connectivity index (χ0v) is 17.3. The van der Waals surface area contributed by atoms with Crippen molar-refractivity contribution < 1.29 is 19.4 Å². The van der Waals surface area contributed by atoms with E-state index in [1.165, 1.54) is 0 Å². The standard InChI is InChI=1S/C21H33N3O4/c1-15(25)21(28-19(22)27,14-16-10-6-5-7-11-16)24-13-9-8-12-17(24)18(26)23-20(2,3)4/h5-7,10-11,15,17,25H,8-9,12-14H2,1-4H3,(H2,22,27)(H,23,26). The summed E-state index contributed by atoms with van der Waals surface area (Å²) in [7, 11) is 0. The molecule has 0 bridgehead atoms. The Morgan fingerprint density at radius 3 is 2.46 bits per heavy atom. The number of nitrogens with two attached hydrogens (primary N) is 1. The Labute approximate surface area is 167 Å². The van der Waals surface area contributed by atoms with Crippen LogP contribution in [-0.2, 0) is 16.0 Å². The second-order valence-corrected chi connectivity index (χ2v) is 8.55. The first kappa shape index (κ1) is 22.2. The first-order chi connectivity index (χ1) is 13.0. The maximum absolute atomic E-state index is 13.0. The number of nitrogens with one attached hydrogen (secondary N) is 1. The molecule has 156 valence electrons. The molecule has 28 heavy (non-hydrogen) atoms. The minimum absolute atomic E-state index is 0.140. The largest absolute Gasteiger partial charge is 0.424 e. The number of amides is 2. The molecule has 1 fully saturated rings. The molecule has 4 N–H and O–H groups in total. The predicted molar refractivity (Wildman–Crippen MR) is 107 cm³/mol. The number of hydrogen-bond acceptors (Lipinski definition) is 5. The summed E-state index contributed by atoms with van der Waals surface area (Å²) in [6, 6.07) is 8.93. The van der Waals surface area contributed by atoms with E-state index < -0.39 is 29.5 Å². The molecule has 1 aromatic rings. The highest BCUT2D eigenvalue weighted by atomic mass is 16.6. The van der Waals surface area contributed by atoms with Gasteiger partial charge in [0, 0.05) is 18.5 Å². The Morgan fingerprint density at radius 1 is 1.29 bits per heavy atom. The van der Waals surface area contributed by atoms with E-state index in [1.54, 1.807) is 6.92 Å². The number of aliphatic hydroxyl groups excluding tert-OH is 1. The van der Waals surface area contributed by atoms with Gasteiger partial charge < -0.3 is 20.9 Å². The Morgan fingerprint density at radius 2 is 1.93 bits per heavy atom. The quantitative estimate of drug-likeness (QED) is 0.689. The number of primary amides is 1. The smallest absolute Gasteiger partial charge is 0.406 e. The number of ether oxygens (including phenoxy) is 1. The van der Waals surface area contributed by atoms with Gasteiger partial charge >= 0.3 is 6.09 Å². The molecule has 2 rings (SSSR count). The van der Waals surface area contributed by atoms with Crippen LogP contribution in [0, 0.1) is 0 Å². The number of hydrogen-bond donors (Lipinski definition) is 3. The van der Waals surface area contributed by atoms with Crippen LogP contribution in [0.15, 0.2) is 30.3 Å². The monoisotopic (exact) mass is 391 g/mol. The lowest BCUT2D eigenvalue weighted by molar-refractivity contribution is -0.195. The minimum atomic E-state index is -1.42. The van der Waals surface area contributed by atoms with Gasteiger partial charge in [0.25, 0.3) is 0 Å². The Bertz CT molecular complexity index is 672. The van der Waals surface area contributed by atoms with E-state index in [0.29, 0.717) is 13.0 Å². The fraction of sp³-hybridized carbons (Fsp3) is 0.619. The van der Waals surface area contributed by atoms with Gasteiger partial charge in [-0.3, -0.25) is 9.69 Å². The molecule has 0 spiro atoms. The molecule has 2 amide bonds. The average Bonchev–Trinajstić information content (AvgIpc) is 2.60. The van der Waals surface area contributed by atoms with Crippen molar-refractivity contribution >= 4 is 12.0 Å². The second kappa shape index (κ2) is 8.92. The number of likely N-dealkylation sites (tertiary alicyclic amines) is 1. The molecule has 1 aliphatic heterocycles. The predicted octanol–water partition coefficient (Wildman–Crippen LogP) is 2.17. The molecule has 1 aliphatic rings. The van der Waals surface area contributed by atoms with Crippen molar-refractivity contribution in [1.82, 2.24) is 10.2 Å². The third-order valence-corrected chi connectivity index (χ3v) is 5.02. The molecule has 0 aliphatic carbocycles. The SMILES string of the molecule is CC(O)C(Cc1ccccc1)(OC(N)=O)N1CCCCC1C(=O)NC(C)(C)C. The molecule has 1 heterocycles. The normalized spacial score (nSPS) is 21.4. The average molecular weight is 392 g/mol. The van der Waals surface area contributed by atoms with E-state index in [2.05, 4.69) is 5.32 Å². The van der Waals surface area contributed by atoms with Gasteiger partial charge in [0.15, 0.2) is 5.72 Å². The lowest BCUT2D eigenvalue weighted by atomic mass is 9.89. The first-order valence-electron chi connectivity index (χ1n) is 9.84. The van der Waals surface area contributed by atoms with Gasteiger partial charge in [0.2, 0.25) is 5.91 Å². The molecule has 0 radical (unpaired) electrons. The summed E-state index contributed by atoms with van der Waals surface area (Å²) >= 11 is 0. The van der Waals surface area contributed by atoms with Crippen molar-refractivity contribution in [3.63, 3.8) is 0 Å². The van der Waals surface area contributed by atoms with Gasteiger partial charge in [0.1, 0.15) is 6.10 Å². The number of piperidine rings is 1. The van der Waals surface area contributed by atoms with Crippen LogP contribution >= 0.6 is 0 Å². The van der Waals surface area contributed by atoms with Crippen LogP contribution in [0.3, 0.4) is 0 Å².